The average molecular weight is 212 g/mol. The molecule has 3 atom stereocenters. The van der Waals surface area contributed by atoms with E-state index in [0.717, 1.165) is 26.2 Å². The van der Waals surface area contributed by atoms with Crippen LogP contribution in [0.3, 0.4) is 0 Å². The standard InChI is InChI=1S/C11H20N2O2/c1-8(10-2-3-15-7-10)13-6-9(5-12)4-11(13)14/h8-10H,2-7,12H2,1H3. The smallest absolute Gasteiger partial charge is 0.223 e. The number of nitrogens with two attached hydrogens (primary N) is 1. The Kier molecular flexibility index (Phi) is 3.26. The molecule has 0 spiro atoms. The minimum atomic E-state index is 0.268. The quantitative estimate of drug-likeness (QED) is 0.728. The summed E-state index contributed by atoms with van der Waals surface area (Å²) in [6, 6.07) is 0.316. The summed E-state index contributed by atoms with van der Waals surface area (Å²) in [4.78, 5) is 13.8. The highest BCUT2D eigenvalue weighted by molar-refractivity contribution is 5.79. The minimum absolute atomic E-state index is 0.268. The molecule has 2 aliphatic rings. The van der Waals surface area contributed by atoms with Crippen LogP contribution >= 0.6 is 0 Å². The van der Waals surface area contributed by atoms with Crippen molar-refractivity contribution in [3.8, 4) is 0 Å². The zero-order valence-electron chi connectivity index (χ0n) is 9.32. The number of nitrogens with zero attached hydrogens (tertiary/aromatic N) is 1. The molecule has 0 saturated carbocycles. The monoisotopic (exact) mass is 212 g/mol. The molecule has 1 amide bonds. The lowest BCUT2D eigenvalue weighted by Crippen LogP contribution is -2.40. The fourth-order valence-electron chi connectivity index (χ4n) is 2.55. The third-order valence-electron chi connectivity index (χ3n) is 3.71. The van der Waals surface area contributed by atoms with Crippen LogP contribution in [-0.2, 0) is 9.53 Å². The van der Waals surface area contributed by atoms with E-state index >= 15 is 0 Å². The maximum Gasteiger partial charge on any atom is 0.223 e. The second kappa shape index (κ2) is 4.49. The molecule has 0 aromatic rings. The molecule has 86 valence electrons. The number of ether oxygens (including phenoxy) is 1. The van der Waals surface area contributed by atoms with Gasteiger partial charge in [-0.3, -0.25) is 4.79 Å². The van der Waals surface area contributed by atoms with E-state index in [1.54, 1.807) is 0 Å². The summed E-state index contributed by atoms with van der Waals surface area (Å²) in [5, 5.41) is 0. The van der Waals surface area contributed by atoms with Gasteiger partial charge in [0, 0.05) is 31.5 Å². The Morgan fingerprint density at radius 1 is 1.67 bits per heavy atom. The number of hydrogen-bond acceptors (Lipinski definition) is 3. The van der Waals surface area contributed by atoms with Crippen LogP contribution in [0.1, 0.15) is 19.8 Å². The fourth-order valence-corrected chi connectivity index (χ4v) is 2.55. The lowest BCUT2D eigenvalue weighted by atomic mass is 9.99. The van der Waals surface area contributed by atoms with Gasteiger partial charge in [0.05, 0.1) is 6.61 Å². The first kappa shape index (κ1) is 10.9. The van der Waals surface area contributed by atoms with E-state index in [4.69, 9.17) is 10.5 Å². The molecule has 2 N–H and O–H groups in total. The van der Waals surface area contributed by atoms with Gasteiger partial charge in [0.2, 0.25) is 5.91 Å². The zero-order valence-corrected chi connectivity index (χ0v) is 9.32. The number of amides is 1. The van der Waals surface area contributed by atoms with Crippen LogP contribution in [0.15, 0.2) is 0 Å². The van der Waals surface area contributed by atoms with Gasteiger partial charge >= 0.3 is 0 Å². The van der Waals surface area contributed by atoms with E-state index in [0.29, 0.717) is 30.8 Å². The van der Waals surface area contributed by atoms with E-state index in [1.165, 1.54) is 0 Å². The summed E-state index contributed by atoms with van der Waals surface area (Å²) in [6.07, 6.45) is 1.71. The fraction of sp³-hybridized carbons (Fsp3) is 0.909. The SMILES string of the molecule is CC(C1CCOC1)N1CC(CN)CC1=O. The Morgan fingerprint density at radius 3 is 3.00 bits per heavy atom. The molecule has 0 bridgehead atoms. The molecule has 4 nitrogen and oxygen atoms in total. The van der Waals surface area contributed by atoms with E-state index in [1.807, 2.05) is 4.90 Å². The maximum atomic E-state index is 11.8. The summed E-state index contributed by atoms with van der Waals surface area (Å²) in [5.74, 6) is 1.15. The van der Waals surface area contributed by atoms with E-state index in [9.17, 15) is 4.79 Å². The number of likely N-dealkylation sites (tertiary alicyclic amines) is 1. The molecule has 3 unspecified atom stereocenters. The Balaban J connectivity index is 1.94. The lowest BCUT2D eigenvalue weighted by molar-refractivity contribution is -0.130. The van der Waals surface area contributed by atoms with Gasteiger partial charge in [-0.05, 0) is 25.8 Å². The average Bonchev–Trinajstić information content (AvgIpc) is 2.85. The van der Waals surface area contributed by atoms with Crippen molar-refractivity contribution in [3.63, 3.8) is 0 Å². The van der Waals surface area contributed by atoms with Crippen molar-refractivity contribution in [1.82, 2.24) is 4.90 Å². The van der Waals surface area contributed by atoms with Crippen molar-refractivity contribution in [2.24, 2.45) is 17.6 Å². The lowest BCUT2D eigenvalue weighted by Gasteiger charge is -2.28. The van der Waals surface area contributed by atoms with Crippen LogP contribution in [0.4, 0.5) is 0 Å². The predicted molar refractivity (Wildman–Crippen MR) is 57.3 cm³/mol. The van der Waals surface area contributed by atoms with Gasteiger partial charge in [-0.15, -0.1) is 0 Å². The molecule has 0 aromatic heterocycles. The predicted octanol–water partition coefficient (Wildman–Crippen LogP) is 0.219. The summed E-state index contributed by atoms with van der Waals surface area (Å²) < 4.78 is 5.36. The summed E-state index contributed by atoms with van der Waals surface area (Å²) in [6.45, 7) is 5.24. The molecule has 2 saturated heterocycles. The van der Waals surface area contributed by atoms with Crippen LogP contribution in [-0.4, -0.2) is 43.2 Å². The van der Waals surface area contributed by atoms with Gasteiger partial charge in [0.1, 0.15) is 0 Å². The van der Waals surface area contributed by atoms with Crippen LogP contribution < -0.4 is 5.73 Å². The first-order valence-corrected chi connectivity index (χ1v) is 5.79. The highest BCUT2D eigenvalue weighted by Crippen LogP contribution is 2.26. The van der Waals surface area contributed by atoms with Crippen LogP contribution in [0, 0.1) is 11.8 Å². The molecule has 0 aliphatic carbocycles. The number of carbonyl (C=O) groups excluding carboxylic acids is 1. The van der Waals surface area contributed by atoms with E-state index in [2.05, 4.69) is 6.92 Å². The van der Waals surface area contributed by atoms with Gasteiger partial charge < -0.3 is 15.4 Å². The van der Waals surface area contributed by atoms with Gasteiger partial charge in [-0.25, -0.2) is 0 Å². The van der Waals surface area contributed by atoms with E-state index in [-0.39, 0.29) is 5.91 Å². The Labute approximate surface area is 90.8 Å². The number of hydrogen-bond donors (Lipinski definition) is 1. The van der Waals surface area contributed by atoms with Crippen molar-refractivity contribution >= 4 is 5.91 Å². The van der Waals surface area contributed by atoms with Gasteiger partial charge in [-0.1, -0.05) is 0 Å². The molecular weight excluding hydrogens is 192 g/mol. The third-order valence-corrected chi connectivity index (χ3v) is 3.71. The molecular formula is C11H20N2O2. The Morgan fingerprint density at radius 2 is 2.47 bits per heavy atom. The topological polar surface area (TPSA) is 55.6 Å². The first-order valence-electron chi connectivity index (χ1n) is 5.79. The molecule has 4 heteroatoms. The molecule has 2 rings (SSSR count). The number of carbonyl (C=O) groups is 1. The van der Waals surface area contributed by atoms with E-state index < -0.39 is 0 Å². The van der Waals surface area contributed by atoms with Crippen LogP contribution in [0.2, 0.25) is 0 Å². The highest BCUT2D eigenvalue weighted by Gasteiger charge is 2.36. The van der Waals surface area contributed by atoms with Crippen LogP contribution in [0.5, 0.6) is 0 Å². The van der Waals surface area contributed by atoms with Gasteiger partial charge in [0.15, 0.2) is 0 Å². The molecule has 15 heavy (non-hydrogen) atoms. The van der Waals surface area contributed by atoms with Crippen molar-refractivity contribution in [2.45, 2.75) is 25.8 Å². The summed E-state index contributed by atoms with van der Waals surface area (Å²) in [7, 11) is 0. The Bertz CT molecular complexity index is 239. The van der Waals surface area contributed by atoms with Crippen molar-refractivity contribution in [3.05, 3.63) is 0 Å². The zero-order chi connectivity index (χ0) is 10.8. The largest absolute Gasteiger partial charge is 0.381 e. The van der Waals surface area contributed by atoms with Crippen LogP contribution in [0.25, 0.3) is 0 Å². The van der Waals surface area contributed by atoms with Gasteiger partial charge in [-0.2, -0.15) is 0 Å². The highest BCUT2D eigenvalue weighted by atomic mass is 16.5. The molecule has 2 heterocycles. The maximum absolute atomic E-state index is 11.8. The van der Waals surface area contributed by atoms with Crippen molar-refractivity contribution in [1.29, 1.82) is 0 Å². The van der Waals surface area contributed by atoms with Crippen molar-refractivity contribution < 1.29 is 9.53 Å². The minimum Gasteiger partial charge on any atom is -0.381 e. The molecule has 2 fully saturated rings. The first-order chi connectivity index (χ1) is 7.22. The van der Waals surface area contributed by atoms with Gasteiger partial charge in [0.25, 0.3) is 0 Å². The molecule has 0 aromatic carbocycles. The summed E-state index contributed by atoms with van der Waals surface area (Å²) >= 11 is 0. The van der Waals surface area contributed by atoms with Crippen molar-refractivity contribution in [2.75, 3.05) is 26.3 Å². The third kappa shape index (κ3) is 2.16. The molecule has 2 aliphatic heterocycles. The summed E-state index contributed by atoms with van der Waals surface area (Å²) in [5.41, 5.74) is 5.61. The second-order valence-corrected chi connectivity index (χ2v) is 4.72. The Hall–Kier alpha value is -0.610. The second-order valence-electron chi connectivity index (χ2n) is 4.72. The molecule has 0 radical (unpaired) electrons. The normalized spacial score (nSPS) is 33.7. The number of rotatable bonds is 3.